The molecule has 0 aliphatic heterocycles. The molecule has 5 nitrogen and oxygen atoms in total. The summed E-state index contributed by atoms with van der Waals surface area (Å²) in [5.41, 5.74) is 0. The largest absolute Gasteiger partial charge is 0.355 e. The summed E-state index contributed by atoms with van der Waals surface area (Å²) in [6.07, 6.45) is 0. The maximum Gasteiger partial charge on any atom is 0.191 e. The topological polar surface area (TPSA) is 70.6 Å². The highest BCUT2D eigenvalue weighted by atomic mass is 79.9. The van der Waals surface area contributed by atoms with E-state index in [2.05, 4.69) is 57.5 Å². The summed E-state index contributed by atoms with van der Waals surface area (Å²) in [5, 5.41) is 6.31. The molecular weight excluding hydrogens is 410 g/mol. The maximum atomic E-state index is 11.5. The van der Waals surface area contributed by atoms with Crippen LogP contribution >= 0.6 is 27.7 Å². The van der Waals surface area contributed by atoms with Gasteiger partial charge < -0.3 is 10.6 Å². The molecule has 0 aliphatic carbocycles. The second kappa shape index (κ2) is 9.68. The van der Waals surface area contributed by atoms with Gasteiger partial charge in [-0.15, -0.1) is 11.8 Å². The van der Waals surface area contributed by atoms with Crippen LogP contribution in [0.1, 0.15) is 20.8 Å². The van der Waals surface area contributed by atoms with Crippen LogP contribution in [0.25, 0.3) is 0 Å². The Hall–Kier alpha value is -0.730. The number of hydrogen-bond acceptors (Lipinski definition) is 4. The average molecular weight is 436 g/mol. The fraction of sp³-hybridized carbons (Fsp3) is 0.562. The predicted molar refractivity (Wildman–Crippen MR) is 108 cm³/mol. The third-order valence-corrected chi connectivity index (χ3v) is 6.70. The van der Waals surface area contributed by atoms with E-state index in [1.165, 1.54) is 4.90 Å². The number of nitrogens with one attached hydrogen (secondary N) is 2. The van der Waals surface area contributed by atoms with Gasteiger partial charge in [0.2, 0.25) is 0 Å². The normalized spacial score (nSPS) is 13.0. The second-order valence-electron chi connectivity index (χ2n) is 5.90. The summed E-state index contributed by atoms with van der Waals surface area (Å²) in [5.74, 6) is 0.893. The van der Waals surface area contributed by atoms with Gasteiger partial charge in [-0.3, -0.25) is 4.99 Å². The van der Waals surface area contributed by atoms with Gasteiger partial charge in [-0.25, -0.2) is 8.42 Å². The van der Waals surface area contributed by atoms with E-state index in [1.807, 2.05) is 12.1 Å². The van der Waals surface area contributed by atoms with Crippen molar-refractivity contribution in [2.24, 2.45) is 4.99 Å². The molecule has 136 valence electrons. The number of thioether (sulfide) groups is 1. The monoisotopic (exact) mass is 435 g/mol. The smallest absolute Gasteiger partial charge is 0.191 e. The van der Waals surface area contributed by atoms with Crippen LogP contribution < -0.4 is 10.6 Å². The van der Waals surface area contributed by atoms with Crippen molar-refractivity contribution in [1.29, 1.82) is 0 Å². The van der Waals surface area contributed by atoms with Crippen molar-refractivity contribution in [3.8, 4) is 0 Å². The number of rotatable bonds is 8. The Bertz CT molecular complexity index is 644. The van der Waals surface area contributed by atoms with Crippen molar-refractivity contribution in [1.82, 2.24) is 10.6 Å². The summed E-state index contributed by atoms with van der Waals surface area (Å²) in [6.45, 7) is 7.03. The minimum atomic E-state index is -2.96. The third-order valence-electron chi connectivity index (χ3n) is 3.26. The first-order valence-corrected chi connectivity index (χ1v) is 11.2. The first-order valence-electron chi connectivity index (χ1n) is 7.77. The van der Waals surface area contributed by atoms with Crippen molar-refractivity contribution in [3.63, 3.8) is 0 Å². The molecule has 1 rings (SSSR count). The summed E-state index contributed by atoms with van der Waals surface area (Å²) in [7, 11) is -1.29. The first kappa shape index (κ1) is 21.3. The molecule has 0 aromatic heterocycles. The lowest BCUT2D eigenvalue weighted by atomic mass is 10.2. The highest BCUT2D eigenvalue weighted by molar-refractivity contribution is 9.10. The van der Waals surface area contributed by atoms with Crippen molar-refractivity contribution < 1.29 is 8.42 Å². The zero-order valence-electron chi connectivity index (χ0n) is 14.6. The summed E-state index contributed by atoms with van der Waals surface area (Å²) in [4.78, 5) is 5.34. The number of hydrogen-bond donors (Lipinski definition) is 2. The SMILES string of the molecule is CCS(=O)(=O)CCNC(=NC)NCC(C)(C)Sc1ccc(Br)cc1. The zero-order valence-corrected chi connectivity index (χ0v) is 17.8. The molecule has 0 saturated carbocycles. The standard InChI is InChI=1S/C16H26BrN3O2S2/c1-5-24(21,22)11-10-19-15(18-4)20-12-16(2,3)23-14-8-6-13(17)7-9-14/h6-9H,5,10-12H2,1-4H3,(H2,18,19,20). The van der Waals surface area contributed by atoms with Crippen LogP contribution in [0, 0.1) is 0 Å². The lowest BCUT2D eigenvalue weighted by molar-refractivity contribution is 0.595. The van der Waals surface area contributed by atoms with Gasteiger partial charge in [-0.05, 0) is 38.1 Å². The molecule has 8 heteroatoms. The molecule has 1 aromatic rings. The number of halogens is 1. The second-order valence-corrected chi connectivity index (χ2v) is 11.1. The van der Waals surface area contributed by atoms with Gasteiger partial charge in [-0.1, -0.05) is 22.9 Å². The summed E-state index contributed by atoms with van der Waals surface area (Å²) in [6, 6.07) is 8.22. The molecule has 24 heavy (non-hydrogen) atoms. The van der Waals surface area contributed by atoms with Gasteiger partial charge in [0.1, 0.15) is 0 Å². The minimum Gasteiger partial charge on any atom is -0.355 e. The molecule has 2 N–H and O–H groups in total. The first-order chi connectivity index (χ1) is 11.2. The van der Waals surface area contributed by atoms with E-state index in [9.17, 15) is 8.42 Å². The molecular formula is C16H26BrN3O2S2. The predicted octanol–water partition coefficient (Wildman–Crippen LogP) is 2.92. The van der Waals surface area contributed by atoms with Gasteiger partial charge >= 0.3 is 0 Å². The minimum absolute atomic E-state index is 0.0407. The number of nitrogens with zero attached hydrogens (tertiary/aromatic N) is 1. The van der Waals surface area contributed by atoms with Crippen LogP contribution in [-0.4, -0.2) is 50.8 Å². The van der Waals surface area contributed by atoms with E-state index >= 15 is 0 Å². The van der Waals surface area contributed by atoms with E-state index in [0.29, 0.717) is 19.0 Å². The van der Waals surface area contributed by atoms with Crippen molar-refractivity contribution in [3.05, 3.63) is 28.7 Å². The average Bonchev–Trinajstić information content (AvgIpc) is 2.52. The molecule has 0 radical (unpaired) electrons. The Morgan fingerprint density at radius 2 is 1.88 bits per heavy atom. The Kier molecular flexibility index (Phi) is 8.59. The molecule has 0 fully saturated rings. The van der Waals surface area contributed by atoms with Crippen molar-refractivity contribution >= 4 is 43.5 Å². The maximum absolute atomic E-state index is 11.5. The van der Waals surface area contributed by atoms with Crippen molar-refractivity contribution in [2.75, 3.05) is 31.6 Å². The van der Waals surface area contributed by atoms with Gasteiger partial charge in [0, 0.05) is 40.0 Å². The molecule has 0 bridgehead atoms. The number of guanidine groups is 1. The van der Waals surface area contributed by atoms with E-state index in [-0.39, 0.29) is 16.3 Å². The summed E-state index contributed by atoms with van der Waals surface area (Å²) < 4.78 is 24.0. The molecule has 0 spiro atoms. The lowest BCUT2D eigenvalue weighted by Gasteiger charge is -2.25. The lowest BCUT2D eigenvalue weighted by Crippen LogP contribution is -2.44. The summed E-state index contributed by atoms with van der Waals surface area (Å²) >= 11 is 5.22. The van der Waals surface area contributed by atoms with Gasteiger partial charge in [0.25, 0.3) is 0 Å². The molecule has 0 heterocycles. The highest BCUT2D eigenvalue weighted by Gasteiger charge is 2.20. The van der Waals surface area contributed by atoms with Crippen LogP contribution in [0.2, 0.25) is 0 Å². The highest BCUT2D eigenvalue weighted by Crippen LogP contribution is 2.32. The zero-order chi connectivity index (χ0) is 18.2. The van der Waals surface area contributed by atoms with Crippen LogP contribution in [0.4, 0.5) is 0 Å². The molecule has 0 aliphatic rings. The molecule has 0 unspecified atom stereocenters. The number of sulfone groups is 1. The Morgan fingerprint density at radius 1 is 1.25 bits per heavy atom. The number of aliphatic imine (C=N–C) groups is 1. The van der Waals surface area contributed by atoms with Gasteiger partial charge in [0.05, 0.1) is 5.75 Å². The van der Waals surface area contributed by atoms with Gasteiger partial charge in [-0.2, -0.15) is 0 Å². The van der Waals surface area contributed by atoms with E-state index in [0.717, 1.165) is 4.47 Å². The van der Waals surface area contributed by atoms with Crippen LogP contribution in [0.3, 0.4) is 0 Å². The Labute approximate surface area is 158 Å². The van der Waals surface area contributed by atoms with E-state index < -0.39 is 9.84 Å². The number of benzene rings is 1. The van der Waals surface area contributed by atoms with Crippen LogP contribution in [-0.2, 0) is 9.84 Å². The quantitative estimate of drug-likeness (QED) is 0.373. The van der Waals surface area contributed by atoms with Crippen LogP contribution in [0.15, 0.2) is 38.6 Å². The van der Waals surface area contributed by atoms with E-state index in [1.54, 1.807) is 25.7 Å². The van der Waals surface area contributed by atoms with Gasteiger partial charge in [0.15, 0.2) is 15.8 Å². The Balaban J connectivity index is 2.47. The molecule has 0 atom stereocenters. The fourth-order valence-electron chi connectivity index (χ4n) is 1.84. The molecule has 0 saturated heterocycles. The molecule has 1 aromatic carbocycles. The van der Waals surface area contributed by atoms with Crippen molar-refractivity contribution in [2.45, 2.75) is 30.4 Å². The van der Waals surface area contributed by atoms with E-state index in [4.69, 9.17) is 0 Å². The third kappa shape index (κ3) is 8.39. The Morgan fingerprint density at radius 3 is 2.42 bits per heavy atom. The molecule has 0 amide bonds. The fourth-order valence-corrected chi connectivity index (χ4v) is 3.86. The van der Waals surface area contributed by atoms with Crippen LogP contribution in [0.5, 0.6) is 0 Å².